The van der Waals surface area contributed by atoms with Crippen LogP contribution in [-0.2, 0) is 11.3 Å². The molecule has 1 amide bonds. The van der Waals surface area contributed by atoms with Gasteiger partial charge in [-0.25, -0.2) is 18.6 Å². The summed E-state index contributed by atoms with van der Waals surface area (Å²) in [5.74, 6) is -3.35. The smallest absolute Gasteiger partial charge is 0.249 e. The van der Waals surface area contributed by atoms with Gasteiger partial charge in [0, 0.05) is 56.7 Å². The van der Waals surface area contributed by atoms with Gasteiger partial charge in [0.25, 0.3) is 0 Å². The molecule has 170 valence electrons. The van der Waals surface area contributed by atoms with Crippen molar-refractivity contribution >= 4 is 11.6 Å². The summed E-state index contributed by atoms with van der Waals surface area (Å²) in [6, 6.07) is 7.61. The summed E-state index contributed by atoms with van der Waals surface area (Å²) < 4.78 is 28.6. The highest BCUT2D eigenvalue weighted by Crippen LogP contribution is 2.44. The first-order chi connectivity index (χ1) is 15.2. The summed E-state index contributed by atoms with van der Waals surface area (Å²) in [6.07, 6.45) is 3.05. The van der Waals surface area contributed by atoms with Crippen LogP contribution in [0.2, 0.25) is 0 Å². The highest BCUT2D eigenvalue weighted by atomic mass is 19.3. The highest BCUT2D eigenvalue weighted by molar-refractivity contribution is 5.80. The van der Waals surface area contributed by atoms with Crippen molar-refractivity contribution in [3.63, 3.8) is 0 Å². The number of rotatable bonds is 5. The van der Waals surface area contributed by atoms with Crippen molar-refractivity contribution in [1.82, 2.24) is 19.4 Å². The van der Waals surface area contributed by atoms with E-state index < -0.39 is 11.8 Å². The van der Waals surface area contributed by atoms with Crippen molar-refractivity contribution in [2.24, 2.45) is 5.92 Å². The molecular formula is C24H29F2N5O. The minimum absolute atomic E-state index is 0.0320. The van der Waals surface area contributed by atoms with E-state index in [4.69, 9.17) is 6.57 Å². The average molecular weight is 442 g/mol. The summed E-state index contributed by atoms with van der Waals surface area (Å²) in [7, 11) is 0. The first-order valence-electron chi connectivity index (χ1n) is 11.1. The molecule has 0 N–H and O–H groups in total. The molecule has 1 aliphatic carbocycles. The van der Waals surface area contributed by atoms with Crippen LogP contribution in [0.3, 0.4) is 0 Å². The van der Waals surface area contributed by atoms with Gasteiger partial charge < -0.3 is 9.47 Å². The van der Waals surface area contributed by atoms with E-state index >= 15 is 0 Å². The van der Waals surface area contributed by atoms with Gasteiger partial charge >= 0.3 is 0 Å². The van der Waals surface area contributed by atoms with Crippen molar-refractivity contribution in [2.45, 2.75) is 64.2 Å². The molecule has 1 saturated carbocycles. The van der Waals surface area contributed by atoms with Crippen molar-refractivity contribution in [1.29, 1.82) is 0 Å². The zero-order valence-electron chi connectivity index (χ0n) is 18.7. The van der Waals surface area contributed by atoms with Gasteiger partial charge in [-0.15, -0.1) is 0 Å². The monoisotopic (exact) mass is 441 g/mol. The Kier molecular flexibility index (Phi) is 6.04. The number of aromatic nitrogens is 2. The normalized spacial score (nSPS) is 24.6. The molecule has 1 aliphatic heterocycles. The Labute approximate surface area is 187 Å². The maximum absolute atomic E-state index is 13.2. The van der Waals surface area contributed by atoms with E-state index in [2.05, 4.69) is 26.2 Å². The standard InChI is InChI=1S/C24H29F2N5O/c1-16-12-29(13-17(2)31(16)23(32)20-9-24(25,26)10-20)14-22-11-28-15-30(22)18(3)19-5-7-21(27-4)8-6-19/h5-8,11,15-18,20H,9-10,12-14H2,1-3H3/t16?,17?,18-/m1/s1. The van der Waals surface area contributed by atoms with Crippen LogP contribution >= 0.6 is 0 Å². The summed E-state index contributed by atoms with van der Waals surface area (Å²) >= 11 is 0. The Hall–Kier alpha value is -2.79. The van der Waals surface area contributed by atoms with Crippen LogP contribution in [0.25, 0.3) is 4.85 Å². The van der Waals surface area contributed by atoms with Crippen molar-refractivity contribution in [3.05, 3.63) is 59.5 Å². The Morgan fingerprint density at radius 2 is 1.84 bits per heavy atom. The van der Waals surface area contributed by atoms with E-state index in [1.165, 1.54) is 0 Å². The Balaban J connectivity index is 1.41. The molecule has 2 fully saturated rings. The summed E-state index contributed by atoms with van der Waals surface area (Å²) in [4.78, 5) is 24.7. The Bertz CT molecular complexity index is 992. The number of hydrogen-bond donors (Lipinski definition) is 0. The lowest BCUT2D eigenvalue weighted by Gasteiger charge is -2.47. The zero-order chi connectivity index (χ0) is 23.0. The van der Waals surface area contributed by atoms with Gasteiger partial charge in [-0.1, -0.05) is 24.3 Å². The molecule has 1 aromatic carbocycles. The number of halogens is 2. The van der Waals surface area contributed by atoms with Crippen molar-refractivity contribution in [2.75, 3.05) is 13.1 Å². The molecular weight excluding hydrogens is 412 g/mol. The van der Waals surface area contributed by atoms with E-state index in [1.54, 1.807) is 0 Å². The molecule has 6 nitrogen and oxygen atoms in total. The predicted molar refractivity (Wildman–Crippen MR) is 117 cm³/mol. The predicted octanol–water partition coefficient (Wildman–Crippen LogP) is 4.51. The first-order valence-corrected chi connectivity index (χ1v) is 11.1. The van der Waals surface area contributed by atoms with E-state index in [9.17, 15) is 13.6 Å². The first kappa shape index (κ1) is 22.4. The highest BCUT2D eigenvalue weighted by Gasteiger charge is 2.51. The molecule has 0 spiro atoms. The Morgan fingerprint density at radius 1 is 1.22 bits per heavy atom. The van der Waals surface area contributed by atoms with E-state index in [0.29, 0.717) is 25.3 Å². The lowest BCUT2D eigenvalue weighted by Crippen LogP contribution is -2.61. The maximum atomic E-state index is 13.2. The molecule has 4 rings (SSSR count). The minimum atomic E-state index is -2.68. The van der Waals surface area contributed by atoms with Gasteiger partial charge in [-0.3, -0.25) is 9.69 Å². The number of carbonyl (C=O) groups is 1. The summed E-state index contributed by atoms with van der Waals surface area (Å²) in [5, 5.41) is 0. The molecule has 0 bridgehead atoms. The molecule has 0 radical (unpaired) electrons. The summed E-state index contributed by atoms with van der Waals surface area (Å²) in [5.41, 5.74) is 2.79. The number of nitrogens with zero attached hydrogens (tertiary/aromatic N) is 5. The van der Waals surface area contributed by atoms with Crippen molar-refractivity contribution < 1.29 is 13.6 Å². The van der Waals surface area contributed by atoms with Crippen LogP contribution in [0.1, 0.15) is 50.9 Å². The number of imidazole rings is 1. The number of carbonyl (C=O) groups excluding carboxylic acids is 1. The number of alkyl halides is 2. The summed E-state index contributed by atoms with van der Waals surface area (Å²) in [6.45, 7) is 15.3. The van der Waals surface area contributed by atoms with Crippen LogP contribution in [0.15, 0.2) is 36.8 Å². The molecule has 1 saturated heterocycles. The zero-order valence-corrected chi connectivity index (χ0v) is 18.7. The van der Waals surface area contributed by atoms with Crippen LogP contribution in [0.4, 0.5) is 14.5 Å². The SMILES string of the molecule is [C-]#[N+]c1ccc([C@@H](C)n2cncc2CN2CC(C)N(C(=O)C3CC(F)(F)C3)C(C)C2)cc1. The van der Waals surface area contributed by atoms with Crippen LogP contribution in [0, 0.1) is 12.5 Å². The number of amides is 1. The molecule has 3 atom stereocenters. The second kappa shape index (κ2) is 8.62. The van der Waals surface area contributed by atoms with Crippen LogP contribution < -0.4 is 0 Å². The average Bonchev–Trinajstić information content (AvgIpc) is 3.18. The van der Waals surface area contributed by atoms with Gasteiger partial charge in [0.15, 0.2) is 5.69 Å². The fourth-order valence-corrected chi connectivity index (χ4v) is 5.06. The fraction of sp³-hybridized carbons (Fsp3) is 0.542. The second-order valence-corrected chi connectivity index (χ2v) is 9.27. The fourth-order valence-electron chi connectivity index (χ4n) is 5.06. The van der Waals surface area contributed by atoms with Crippen LogP contribution in [-0.4, -0.2) is 56.4 Å². The van der Waals surface area contributed by atoms with E-state index in [0.717, 1.165) is 11.3 Å². The van der Waals surface area contributed by atoms with Crippen molar-refractivity contribution in [3.8, 4) is 0 Å². The second-order valence-electron chi connectivity index (χ2n) is 9.27. The largest absolute Gasteiger partial charge is 0.334 e. The molecule has 2 aliphatic rings. The van der Waals surface area contributed by atoms with E-state index in [1.807, 2.05) is 55.5 Å². The van der Waals surface area contributed by atoms with E-state index in [-0.39, 0.29) is 36.9 Å². The topological polar surface area (TPSA) is 45.7 Å². The number of benzene rings is 1. The molecule has 2 aromatic rings. The lowest BCUT2D eigenvalue weighted by molar-refractivity contribution is -0.166. The third-order valence-electron chi connectivity index (χ3n) is 6.74. The molecule has 1 aromatic heterocycles. The number of piperazine rings is 1. The maximum Gasteiger partial charge on any atom is 0.249 e. The quantitative estimate of drug-likeness (QED) is 0.642. The number of hydrogen-bond acceptors (Lipinski definition) is 3. The molecule has 2 unspecified atom stereocenters. The Morgan fingerprint density at radius 3 is 2.41 bits per heavy atom. The van der Waals surface area contributed by atoms with Gasteiger partial charge in [0.2, 0.25) is 11.8 Å². The van der Waals surface area contributed by atoms with Gasteiger partial charge in [-0.05, 0) is 26.3 Å². The van der Waals surface area contributed by atoms with Gasteiger partial charge in [-0.2, -0.15) is 0 Å². The van der Waals surface area contributed by atoms with Gasteiger partial charge in [0.1, 0.15) is 0 Å². The molecule has 2 heterocycles. The minimum Gasteiger partial charge on any atom is -0.334 e. The molecule has 32 heavy (non-hydrogen) atoms. The van der Waals surface area contributed by atoms with Gasteiger partial charge in [0.05, 0.1) is 24.6 Å². The lowest BCUT2D eigenvalue weighted by atomic mass is 9.79. The third-order valence-corrected chi connectivity index (χ3v) is 6.74. The van der Waals surface area contributed by atoms with Crippen LogP contribution in [0.5, 0.6) is 0 Å². The third kappa shape index (κ3) is 4.40. The molecule has 8 heteroatoms.